The molecule has 0 saturated heterocycles. The number of halogens is 1. The number of aliphatic hydroxyl groups is 1. The van der Waals surface area contributed by atoms with Crippen molar-refractivity contribution >= 4 is 29.0 Å². The number of nitrogens with zero attached hydrogens (tertiary/aromatic N) is 1. The number of phenolic OH excluding ortho intramolecular Hbond substituents is 1. The summed E-state index contributed by atoms with van der Waals surface area (Å²) in [6.07, 6.45) is 0.583. The minimum atomic E-state index is -0.913. The van der Waals surface area contributed by atoms with Crippen molar-refractivity contribution in [2.45, 2.75) is 32.7 Å². The van der Waals surface area contributed by atoms with Gasteiger partial charge in [0.25, 0.3) is 5.91 Å². The molecule has 7 heteroatoms. The number of aromatic hydroxyl groups is 1. The monoisotopic (exact) mass is 491 g/mol. The van der Waals surface area contributed by atoms with Gasteiger partial charge in [0.15, 0.2) is 23.0 Å². The van der Waals surface area contributed by atoms with E-state index >= 15 is 0 Å². The summed E-state index contributed by atoms with van der Waals surface area (Å²) in [6, 6.07) is 18.4. The topological polar surface area (TPSA) is 87.1 Å². The van der Waals surface area contributed by atoms with Gasteiger partial charge in [0.2, 0.25) is 0 Å². The number of Topliss-reactive ketones (excluding diaryl/α,β-unsaturated/α-hetero) is 1. The smallest absolute Gasteiger partial charge is 0.294 e. The highest BCUT2D eigenvalue weighted by Gasteiger charge is 2.44. The van der Waals surface area contributed by atoms with Gasteiger partial charge in [-0.25, -0.2) is 0 Å². The number of carbonyl (C=O) groups is 2. The fraction of sp³-hybridized carbons (Fsp3) is 0.214. The zero-order valence-corrected chi connectivity index (χ0v) is 20.2. The second-order valence-corrected chi connectivity index (χ2v) is 8.75. The highest BCUT2D eigenvalue weighted by molar-refractivity contribution is 6.31. The number of anilines is 1. The molecule has 3 aromatic rings. The molecule has 0 spiro atoms. The van der Waals surface area contributed by atoms with Crippen LogP contribution >= 0.6 is 11.6 Å². The third-order valence-corrected chi connectivity index (χ3v) is 6.43. The van der Waals surface area contributed by atoms with Crippen molar-refractivity contribution < 1.29 is 24.5 Å². The molecular weight excluding hydrogens is 466 g/mol. The minimum Gasteiger partial charge on any atom is -0.504 e. The Hall–Kier alpha value is -3.77. The number of rotatable bonds is 8. The van der Waals surface area contributed by atoms with Gasteiger partial charge in [-0.05, 0) is 61.2 Å². The van der Waals surface area contributed by atoms with Gasteiger partial charge in [0, 0.05) is 17.1 Å². The normalized spacial score (nSPS) is 15.6. The highest BCUT2D eigenvalue weighted by Crippen LogP contribution is 2.44. The Labute approximate surface area is 209 Å². The van der Waals surface area contributed by atoms with Crippen LogP contribution in [-0.2, 0) is 16.0 Å². The summed E-state index contributed by atoms with van der Waals surface area (Å²) in [5, 5.41) is 21.5. The summed E-state index contributed by atoms with van der Waals surface area (Å²) >= 11 is 6.34. The number of hydrogen-bond donors (Lipinski definition) is 2. The van der Waals surface area contributed by atoms with Crippen molar-refractivity contribution in [3.63, 3.8) is 0 Å². The maximum Gasteiger partial charge on any atom is 0.294 e. The van der Waals surface area contributed by atoms with Crippen molar-refractivity contribution in [2.75, 3.05) is 11.5 Å². The van der Waals surface area contributed by atoms with E-state index in [2.05, 4.69) is 0 Å². The molecule has 4 rings (SSSR count). The molecule has 1 unspecified atom stereocenters. The summed E-state index contributed by atoms with van der Waals surface area (Å²) in [4.78, 5) is 28.1. The first-order chi connectivity index (χ1) is 16.8. The number of ketones is 1. The lowest BCUT2D eigenvalue weighted by Gasteiger charge is -2.27. The molecule has 0 saturated carbocycles. The molecule has 0 aliphatic carbocycles. The number of aryl methyl sites for hydroxylation is 2. The molecule has 0 aromatic heterocycles. The van der Waals surface area contributed by atoms with Gasteiger partial charge in [-0.2, -0.15) is 0 Å². The van der Waals surface area contributed by atoms with E-state index < -0.39 is 17.7 Å². The molecule has 3 aromatic carbocycles. The Kier molecular flexibility index (Phi) is 7.12. The highest BCUT2D eigenvalue weighted by atomic mass is 35.5. The maximum atomic E-state index is 13.4. The van der Waals surface area contributed by atoms with Crippen molar-refractivity contribution in [3.8, 4) is 11.5 Å². The number of aliphatic hydroxyl groups excluding tert-OH is 1. The van der Waals surface area contributed by atoms with Crippen molar-refractivity contribution in [3.05, 3.63) is 99.8 Å². The average Bonchev–Trinajstić information content (AvgIpc) is 3.12. The molecule has 180 valence electrons. The van der Waals surface area contributed by atoms with Crippen LogP contribution in [0.3, 0.4) is 0 Å². The van der Waals surface area contributed by atoms with Crippen LogP contribution in [0.25, 0.3) is 0 Å². The first-order valence-electron chi connectivity index (χ1n) is 11.4. The van der Waals surface area contributed by atoms with Crippen molar-refractivity contribution in [1.29, 1.82) is 0 Å². The predicted octanol–water partition coefficient (Wildman–Crippen LogP) is 5.85. The molecule has 2 N–H and O–H groups in total. The first kappa shape index (κ1) is 24.4. The number of amides is 1. The molecule has 1 aliphatic heterocycles. The first-order valence-corrected chi connectivity index (χ1v) is 11.7. The van der Waals surface area contributed by atoms with Crippen molar-refractivity contribution in [2.24, 2.45) is 0 Å². The van der Waals surface area contributed by atoms with E-state index in [-0.39, 0.29) is 29.3 Å². The second-order valence-electron chi connectivity index (χ2n) is 8.34. The van der Waals surface area contributed by atoms with E-state index in [4.69, 9.17) is 16.3 Å². The number of ether oxygens (including phenoxy) is 1. The molecule has 1 aliphatic rings. The van der Waals surface area contributed by atoms with Crippen LogP contribution in [0.2, 0.25) is 5.02 Å². The van der Waals surface area contributed by atoms with E-state index in [0.717, 1.165) is 11.1 Å². The van der Waals surface area contributed by atoms with Crippen LogP contribution in [0.1, 0.15) is 36.1 Å². The van der Waals surface area contributed by atoms with Gasteiger partial charge >= 0.3 is 0 Å². The average molecular weight is 492 g/mol. The largest absolute Gasteiger partial charge is 0.504 e. The van der Waals surface area contributed by atoms with Gasteiger partial charge in [0.1, 0.15) is 0 Å². The van der Waals surface area contributed by atoms with Crippen LogP contribution in [0.4, 0.5) is 5.69 Å². The number of benzene rings is 3. The zero-order valence-electron chi connectivity index (χ0n) is 19.5. The maximum absolute atomic E-state index is 13.4. The van der Waals surface area contributed by atoms with E-state index in [9.17, 15) is 19.8 Å². The Bertz CT molecular complexity index is 1300. The summed E-state index contributed by atoms with van der Waals surface area (Å²) in [5.74, 6) is -1.45. The molecule has 35 heavy (non-hydrogen) atoms. The molecule has 0 fully saturated rings. The summed E-state index contributed by atoms with van der Waals surface area (Å²) in [5.41, 5.74) is 2.78. The van der Waals surface area contributed by atoms with Gasteiger partial charge in [-0.15, -0.1) is 0 Å². The molecule has 1 amide bonds. The van der Waals surface area contributed by atoms with Gasteiger partial charge in [-0.1, -0.05) is 54.1 Å². The number of carbonyl (C=O) groups excluding carboxylic acids is 2. The molecule has 0 bridgehead atoms. The fourth-order valence-electron chi connectivity index (χ4n) is 4.21. The Morgan fingerprint density at radius 1 is 1.06 bits per heavy atom. The third-order valence-electron chi connectivity index (χ3n) is 6.03. The van der Waals surface area contributed by atoms with Crippen molar-refractivity contribution in [1.82, 2.24) is 0 Å². The Balaban J connectivity index is 1.78. The lowest BCUT2D eigenvalue weighted by Crippen LogP contribution is -2.31. The van der Waals surface area contributed by atoms with Crippen LogP contribution in [0, 0.1) is 6.92 Å². The number of hydrogen-bond acceptors (Lipinski definition) is 5. The minimum absolute atomic E-state index is 0.00997. The van der Waals surface area contributed by atoms with E-state index in [1.54, 1.807) is 37.3 Å². The van der Waals surface area contributed by atoms with Gasteiger partial charge in [-0.3, -0.25) is 14.5 Å². The zero-order chi connectivity index (χ0) is 25.1. The van der Waals surface area contributed by atoms with E-state index in [1.165, 1.54) is 11.0 Å². The standard InChI is InChI=1S/C28H26ClNO5/c1-3-35-24-15-19(11-14-22(24)31)26-25(23(32)13-10-18-7-5-4-6-8-18)27(33)28(34)30(26)20-12-9-17(2)21(29)16-20/h4-9,11-12,14-16,26,31,33H,3,10,13H2,1-2H3. The Morgan fingerprint density at radius 3 is 2.49 bits per heavy atom. The molecule has 0 radical (unpaired) electrons. The quantitative estimate of drug-likeness (QED) is 0.412. The van der Waals surface area contributed by atoms with Gasteiger partial charge in [0.05, 0.1) is 18.2 Å². The predicted molar refractivity (Wildman–Crippen MR) is 135 cm³/mol. The van der Waals surface area contributed by atoms with E-state index in [0.29, 0.717) is 29.3 Å². The summed E-state index contributed by atoms with van der Waals surface area (Å²) < 4.78 is 5.53. The van der Waals surface area contributed by atoms with Crippen LogP contribution in [0.15, 0.2) is 78.1 Å². The molecule has 1 heterocycles. The molecule has 6 nitrogen and oxygen atoms in total. The fourth-order valence-corrected chi connectivity index (χ4v) is 4.39. The molecular formula is C28H26ClNO5. The SMILES string of the molecule is CCOc1cc(C2C(C(=O)CCc3ccccc3)=C(O)C(=O)N2c2ccc(C)c(Cl)c2)ccc1O. The lowest BCUT2D eigenvalue weighted by molar-refractivity contribution is -0.118. The van der Waals surface area contributed by atoms with Crippen LogP contribution < -0.4 is 9.64 Å². The number of phenols is 1. The Morgan fingerprint density at radius 2 is 1.80 bits per heavy atom. The van der Waals surface area contributed by atoms with Crippen LogP contribution in [-0.4, -0.2) is 28.5 Å². The third kappa shape index (κ3) is 4.88. The summed E-state index contributed by atoms with van der Waals surface area (Å²) in [6.45, 7) is 3.95. The van der Waals surface area contributed by atoms with E-state index in [1.807, 2.05) is 37.3 Å². The van der Waals surface area contributed by atoms with Gasteiger partial charge < -0.3 is 14.9 Å². The van der Waals surface area contributed by atoms with Crippen LogP contribution in [0.5, 0.6) is 11.5 Å². The lowest BCUT2D eigenvalue weighted by atomic mass is 9.92. The second kappa shape index (κ2) is 10.2. The summed E-state index contributed by atoms with van der Waals surface area (Å²) in [7, 11) is 0. The molecule has 1 atom stereocenters.